The zero-order valence-corrected chi connectivity index (χ0v) is 7.88. The van der Waals surface area contributed by atoms with Crippen molar-refractivity contribution in [2.24, 2.45) is 0 Å². The molecule has 3 nitrogen and oxygen atoms in total. The van der Waals surface area contributed by atoms with Crippen molar-refractivity contribution in [1.82, 2.24) is 4.90 Å². The maximum atomic E-state index is 11.1. The fourth-order valence-corrected chi connectivity index (χ4v) is 1.83. The number of carbonyl (C=O) groups is 1. The molecule has 11 heavy (non-hydrogen) atoms. The Morgan fingerprint density at radius 3 is 2.91 bits per heavy atom. The van der Waals surface area contributed by atoms with Crippen LogP contribution in [0.5, 0.6) is 0 Å². The number of aliphatic hydroxyl groups is 1. The van der Waals surface area contributed by atoms with Gasteiger partial charge in [-0.25, -0.2) is 0 Å². The van der Waals surface area contributed by atoms with Crippen LogP contribution in [0.1, 0.15) is 12.8 Å². The molecule has 1 amide bonds. The number of carbonyl (C=O) groups excluding carboxylic acids is 1. The molecule has 0 saturated carbocycles. The summed E-state index contributed by atoms with van der Waals surface area (Å²) in [5.74, 6) is 0.195. The van der Waals surface area contributed by atoms with Gasteiger partial charge in [-0.3, -0.25) is 4.79 Å². The summed E-state index contributed by atoms with van der Waals surface area (Å²) in [6.45, 7) is 1.65. The molecule has 0 spiro atoms. The fraction of sp³-hybridized carbons (Fsp3) is 0.857. The zero-order valence-electron chi connectivity index (χ0n) is 6.29. The third kappa shape index (κ3) is 2.45. The number of halogens is 1. The second-order valence-corrected chi connectivity index (χ2v) is 4.01. The van der Waals surface area contributed by atoms with E-state index < -0.39 is 0 Å². The number of alkyl halides is 1. The van der Waals surface area contributed by atoms with Gasteiger partial charge in [0.1, 0.15) is 0 Å². The van der Waals surface area contributed by atoms with Gasteiger partial charge in [-0.1, -0.05) is 15.9 Å². The van der Waals surface area contributed by atoms with Crippen LogP contribution >= 0.6 is 15.9 Å². The van der Waals surface area contributed by atoms with Crippen LogP contribution in [0.4, 0.5) is 0 Å². The smallest absolute Gasteiger partial charge is 0.223 e. The minimum absolute atomic E-state index is 0.163. The number of hydrogen-bond acceptors (Lipinski definition) is 2. The molecule has 1 aliphatic rings. The van der Waals surface area contributed by atoms with E-state index in [0.717, 1.165) is 6.54 Å². The van der Waals surface area contributed by atoms with Gasteiger partial charge in [0.05, 0.1) is 0 Å². The van der Waals surface area contributed by atoms with Gasteiger partial charge in [-0.15, -0.1) is 0 Å². The van der Waals surface area contributed by atoms with Gasteiger partial charge in [-0.2, -0.15) is 0 Å². The Hall–Kier alpha value is -0.0900. The maximum Gasteiger partial charge on any atom is 0.223 e. The lowest BCUT2D eigenvalue weighted by molar-refractivity contribution is -0.127. The van der Waals surface area contributed by atoms with E-state index in [9.17, 15) is 4.79 Å². The van der Waals surface area contributed by atoms with Gasteiger partial charge in [-0.05, 0) is 6.42 Å². The summed E-state index contributed by atoms with van der Waals surface area (Å²) in [6, 6.07) is 0. The number of nitrogens with zero attached hydrogens (tertiary/aromatic N) is 1. The molecule has 0 bridgehead atoms. The second kappa shape index (κ2) is 4.07. The Morgan fingerprint density at radius 2 is 2.45 bits per heavy atom. The van der Waals surface area contributed by atoms with Gasteiger partial charge in [0.25, 0.3) is 0 Å². The van der Waals surface area contributed by atoms with Crippen LogP contribution in [0, 0.1) is 0 Å². The Bertz CT molecular complexity index is 151. The summed E-state index contributed by atoms with van der Waals surface area (Å²) >= 11 is 3.39. The Balaban J connectivity index is 2.29. The first-order chi connectivity index (χ1) is 5.24. The largest absolute Gasteiger partial charge is 0.396 e. The van der Waals surface area contributed by atoms with Gasteiger partial charge in [0.15, 0.2) is 0 Å². The van der Waals surface area contributed by atoms with Crippen molar-refractivity contribution in [3.05, 3.63) is 0 Å². The van der Waals surface area contributed by atoms with Crippen molar-refractivity contribution in [2.45, 2.75) is 17.7 Å². The molecule has 1 heterocycles. The number of likely N-dealkylation sites (tertiary alicyclic amines) is 1. The van der Waals surface area contributed by atoms with Crippen molar-refractivity contribution in [1.29, 1.82) is 0 Å². The first-order valence-corrected chi connectivity index (χ1v) is 4.68. The van der Waals surface area contributed by atoms with Gasteiger partial charge in [0, 0.05) is 30.9 Å². The predicted molar refractivity (Wildman–Crippen MR) is 45.6 cm³/mol. The van der Waals surface area contributed by atoms with Gasteiger partial charge < -0.3 is 10.0 Å². The molecular weight excluding hydrogens is 210 g/mol. The predicted octanol–water partition coefficient (Wildman–Crippen LogP) is 0.365. The standard InChI is InChI=1S/C7H12BrNO2/c8-6-4-7(11)9(5-6)2-1-3-10/h6,10H,1-5H2. The molecule has 1 N–H and O–H groups in total. The number of rotatable bonds is 3. The number of amides is 1. The number of hydrogen-bond donors (Lipinski definition) is 1. The van der Waals surface area contributed by atoms with E-state index in [2.05, 4.69) is 15.9 Å². The molecule has 0 aliphatic carbocycles. The third-order valence-electron chi connectivity index (χ3n) is 1.75. The molecular formula is C7H12BrNO2. The van der Waals surface area contributed by atoms with Gasteiger partial charge in [0.2, 0.25) is 5.91 Å². The van der Waals surface area contributed by atoms with E-state index in [1.165, 1.54) is 0 Å². The maximum absolute atomic E-state index is 11.1. The summed E-state index contributed by atoms with van der Waals surface area (Å²) in [7, 11) is 0. The quantitative estimate of drug-likeness (QED) is 0.700. The minimum Gasteiger partial charge on any atom is -0.396 e. The van der Waals surface area contributed by atoms with Crippen LogP contribution in [-0.4, -0.2) is 40.4 Å². The fourth-order valence-electron chi connectivity index (χ4n) is 1.20. The highest BCUT2D eigenvalue weighted by molar-refractivity contribution is 9.09. The summed E-state index contributed by atoms with van der Waals surface area (Å²) < 4.78 is 0. The second-order valence-electron chi connectivity index (χ2n) is 2.72. The van der Waals surface area contributed by atoms with Crippen molar-refractivity contribution in [3.8, 4) is 0 Å². The monoisotopic (exact) mass is 221 g/mol. The molecule has 1 aliphatic heterocycles. The third-order valence-corrected chi connectivity index (χ3v) is 2.37. The average molecular weight is 222 g/mol. The molecule has 1 fully saturated rings. The highest BCUT2D eigenvalue weighted by Gasteiger charge is 2.26. The topological polar surface area (TPSA) is 40.5 Å². The summed E-state index contributed by atoms with van der Waals surface area (Å²) in [6.07, 6.45) is 1.29. The molecule has 1 saturated heterocycles. The van der Waals surface area contributed by atoms with E-state index in [-0.39, 0.29) is 12.5 Å². The van der Waals surface area contributed by atoms with Crippen LogP contribution in [-0.2, 0) is 4.79 Å². The van der Waals surface area contributed by atoms with Crippen LogP contribution < -0.4 is 0 Å². The van der Waals surface area contributed by atoms with E-state index >= 15 is 0 Å². The molecule has 0 aromatic carbocycles. The van der Waals surface area contributed by atoms with E-state index in [4.69, 9.17) is 5.11 Å². The first kappa shape index (κ1) is 9.00. The highest BCUT2D eigenvalue weighted by Crippen LogP contribution is 2.17. The molecule has 0 radical (unpaired) electrons. The van der Waals surface area contributed by atoms with Crippen LogP contribution in [0.15, 0.2) is 0 Å². The lowest BCUT2D eigenvalue weighted by Gasteiger charge is -2.13. The van der Waals surface area contributed by atoms with Crippen molar-refractivity contribution >= 4 is 21.8 Å². The Kier molecular flexibility index (Phi) is 3.33. The molecule has 0 aromatic heterocycles. The van der Waals surface area contributed by atoms with Crippen LogP contribution in [0.25, 0.3) is 0 Å². The van der Waals surface area contributed by atoms with Crippen molar-refractivity contribution in [2.75, 3.05) is 19.7 Å². The highest BCUT2D eigenvalue weighted by atomic mass is 79.9. The van der Waals surface area contributed by atoms with E-state index in [1.54, 1.807) is 4.90 Å². The van der Waals surface area contributed by atoms with Crippen LogP contribution in [0.2, 0.25) is 0 Å². The summed E-state index contributed by atoms with van der Waals surface area (Å²) in [5.41, 5.74) is 0. The lowest BCUT2D eigenvalue weighted by Crippen LogP contribution is -2.26. The molecule has 64 valence electrons. The average Bonchev–Trinajstić information content (AvgIpc) is 2.26. The molecule has 4 heteroatoms. The Labute approximate surface area is 74.5 Å². The first-order valence-electron chi connectivity index (χ1n) is 3.76. The normalized spacial score (nSPS) is 24.7. The molecule has 1 rings (SSSR count). The van der Waals surface area contributed by atoms with Crippen molar-refractivity contribution < 1.29 is 9.90 Å². The summed E-state index contributed by atoms with van der Waals surface area (Å²) in [4.78, 5) is 13.2. The zero-order chi connectivity index (χ0) is 8.27. The van der Waals surface area contributed by atoms with Crippen LogP contribution in [0.3, 0.4) is 0 Å². The SMILES string of the molecule is O=C1CC(Br)CN1CCCO. The number of aliphatic hydroxyl groups excluding tert-OH is 1. The van der Waals surface area contributed by atoms with Crippen molar-refractivity contribution in [3.63, 3.8) is 0 Å². The lowest BCUT2D eigenvalue weighted by atomic mass is 10.4. The molecule has 0 aromatic rings. The van der Waals surface area contributed by atoms with E-state index in [0.29, 0.717) is 24.2 Å². The summed E-state index contributed by atoms with van der Waals surface area (Å²) in [5, 5.41) is 8.53. The minimum atomic E-state index is 0.163. The van der Waals surface area contributed by atoms with Gasteiger partial charge >= 0.3 is 0 Å². The Morgan fingerprint density at radius 1 is 1.73 bits per heavy atom. The molecule has 1 atom stereocenters. The van der Waals surface area contributed by atoms with E-state index in [1.807, 2.05) is 0 Å². The molecule has 1 unspecified atom stereocenters.